The first-order valence-electron chi connectivity index (χ1n) is 6.24. The molecule has 3 nitrogen and oxygen atoms in total. The van der Waals surface area contributed by atoms with Crippen LogP contribution in [0.1, 0.15) is 40.0 Å². The highest BCUT2D eigenvalue weighted by molar-refractivity contribution is 4.84. The molecule has 1 rings (SSSR count). The molecular weight excluding hydrogens is 190 g/mol. The molecule has 1 aliphatic carbocycles. The van der Waals surface area contributed by atoms with Gasteiger partial charge in [0.05, 0.1) is 18.8 Å². The Morgan fingerprint density at radius 2 is 2.13 bits per heavy atom. The van der Waals surface area contributed by atoms with Gasteiger partial charge in [-0.1, -0.05) is 6.92 Å². The van der Waals surface area contributed by atoms with E-state index >= 15 is 0 Å². The SMILES string of the molecule is CCNC1CCCC1OC(C)COCC. The van der Waals surface area contributed by atoms with Crippen LogP contribution in [0.5, 0.6) is 0 Å². The first-order chi connectivity index (χ1) is 7.27. The molecule has 3 heteroatoms. The van der Waals surface area contributed by atoms with Crippen molar-refractivity contribution in [3.05, 3.63) is 0 Å². The summed E-state index contributed by atoms with van der Waals surface area (Å²) in [6.45, 7) is 8.78. The van der Waals surface area contributed by atoms with Crippen LogP contribution in [0.25, 0.3) is 0 Å². The molecule has 3 atom stereocenters. The van der Waals surface area contributed by atoms with Crippen molar-refractivity contribution in [1.29, 1.82) is 0 Å². The summed E-state index contributed by atoms with van der Waals surface area (Å²) in [6.07, 6.45) is 4.33. The van der Waals surface area contributed by atoms with Crippen LogP contribution < -0.4 is 5.32 Å². The molecule has 0 saturated heterocycles. The van der Waals surface area contributed by atoms with E-state index in [9.17, 15) is 0 Å². The highest BCUT2D eigenvalue weighted by Gasteiger charge is 2.28. The maximum Gasteiger partial charge on any atom is 0.0785 e. The van der Waals surface area contributed by atoms with E-state index in [-0.39, 0.29) is 6.10 Å². The molecule has 0 aromatic carbocycles. The maximum absolute atomic E-state index is 5.99. The van der Waals surface area contributed by atoms with E-state index in [1.165, 1.54) is 19.3 Å². The third-order valence-electron chi connectivity index (χ3n) is 2.88. The summed E-state index contributed by atoms with van der Waals surface area (Å²) in [6, 6.07) is 0.555. The fraction of sp³-hybridized carbons (Fsp3) is 1.00. The smallest absolute Gasteiger partial charge is 0.0785 e. The van der Waals surface area contributed by atoms with Crippen LogP contribution in [0.2, 0.25) is 0 Å². The van der Waals surface area contributed by atoms with Gasteiger partial charge in [0.25, 0.3) is 0 Å². The predicted molar refractivity (Wildman–Crippen MR) is 62.1 cm³/mol. The highest BCUT2D eigenvalue weighted by Crippen LogP contribution is 2.23. The number of hydrogen-bond acceptors (Lipinski definition) is 3. The van der Waals surface area contributed by atoms with Crippen LogP contribution in [0.4, 0.5) is 0 Å². The van der Waals surface area contributed by atoms with E-state index in [0.29, 0.717) is 18.8 Å². The van der Waals surface area contributed by atoms with Crippen molar-refractivity contribution in [2.45, 2.75) is 58.3 Å². The Morgan fingerprint density at radius 1 is 1.33 bits per heavy atom. The summed E-state index contributed by atoms with van der Waals surface area (Å²) in [5.74, 6) is 0. The van der Waals surface area contributed by atoms with Gasteiger partial charge in [0.2, 0.25) is 0 Å². The van der Waals surface area contributed by atoms with Crippen LogP contribution in [0, 0.1) is 0 Å². The largest absolute Gasteiger partial charge is 0.379 e. The molecule has 0 aliphatic heterocycles. The molecule has 1 saturated carbocycles. The van der Waals surface area contributed by atoms with Crippen LogP contribution in [0.15, 0.2) is 0 Å². The molecule has 1 aliphatic rings. The molecule has 90 valence electrons. The highest BCUT2D eigenvalue weighted by atomic mass is 16.5. The van der Waals surface area contributed by atoms with Crippen LogP contribution in [0.3, 0.4) is 0 Å². The molecule has 0 aromatic heterocycles. The summed E-state index contributed by atoms with van der Waals surface area (Å²) < 4.78 is 11.3. The lowest BCUT2D eigenvalue weighted by Gasteiger charge is -2.24. The Labute approximate surface area is 93.5 Å². The average Bonchev–Trinajstić information content (AvgIpc) is 2.63. The second kappa shape index (κ2) is 7.20. The first kappa shape index (κ1) is 12.9. The number of rotatable bonds is 7. The van der Waals surface area contributed by atoms with Gasteiger partial charge in [-0.2, -0.15) is 0 Å². The van der Waals surface area contributed by atoms with Crippen molar-refractivity contribution in [2.75, 3.05) is 19.8 Å². The van der Waals surface area contributed by atoms with E-state index in [1.54, 1.807) is 0 Å². The van der Waals surface area contributed by atoms with Gasteiger partial charge in [-0.25, -0.2) is 0 Å². The van der Waals surface area contributed by atoms with Gasteiger partial charge in [0.1, 0.15) is 0 Å². The Balaban J connectivity index is 2.23. The van der Waals surface area contributed by atoms with Crippen LogP contribution in [-0.4, -0.2) is 38.0 Å². The van der Waals surface area contributed by atoms with Gasteiger partial charge >= 0.3 is 0 Å². The van der Waals surface area contributed by atoms with Crippen molar-refractivity contribution in [1.82, 2.24) is 5.32 Å². The standard InChI is InChI=1S/C12H25NO2/c1-4-13-11-7-6-8-12(11)15-10(3)9-14-5-2/h10-13H,4-9H2,1-3H3. The van der Waals surface area contributed by atoms with Crippen LogP contribution >= 0.6 is 0 Å². The molecule has 0 aromatic rings. The zero-order valence-electron chi connectivity index (χ0n) is 10.3. The predicted octanol–water partition coefficient (Wildman–Crippen LogP) is 1.96. The van der Waals surface area contributed by atoms with Crippen LogP contribution in [-0.2, 0) is 9.47 Å². The molecule has 1 N–H and O–H groups in total. The minimum Gasteiger partial charge on any atom is -0.379 e. The molecule has 0 bridgehead atoms. The minimum absolute atomic E-state index is 0.217. The van der Waals surface area contributed by atoms with Crippen molar-refractivity contribution < 1.29 is 9.47 Å². The third-order valence-corrected chi connectivity index (χ3v) is 2.88. The second-order valence-corrected chi connectivity index (χ2v) is 4.24. The molecule has 0 heterocycles. The molecule has 0 radical (unpaired) electrons. The molecule has 1 fully saturated rings. The third kappa shape index (κ3) is 4.49. The number of nitrogens with one attached hydrogen (secondary N) is 1. The van der Waals surface area contributed by atoms with E-state index in [0.717, 1.165) is 13.2 Å². The van der Waals surface area contributed by atoms with Gasteiger partial charge in [-0.3, -0.25) is 0 Å². The van der Waals surface area contributed by atoms with Crippen molar-refractivity contribution in [3.63, 3.8) is 0 Å². The van der Waals surface area contributed by atoms with E-state index < -0.39 is 0 Å². The van der Waals surface area contributed by atoms with Crippen molar-refractivity contribution in [3.8, 4) is 0 Å². The number of ether oxygens (including phenoxy) is 2. The quantitative estimate of drug-likeness (QED) is 0.704. The lowest BCUT2D eigenvalue weighted by molar-refractivity contribution is -0.0520. The Kier molecular flexibility index (Phi) is 6.22. The molecule has 15 heavy (non-hydrogen) atoms. The maximum atomic E-state index is 5.99. The first-order valence-corrected chi connectivity index (χ1v) is 6.24. The second-order valence-electron chi connectivity index (χ2n) is 4.24. The topological polar surface area (TPSA) is 30.5 Å². The van der Waals surface area contributed by atoms with Crippen molar-refractivity contribution in [2.24, 2.45) is 0 Å². The monoisotopic (exact) mass is 215 g/mol. The van der Waals surface area contributed by atoms with Gasteiger partial charge < -0.3 is 14.8 Å². The van der Waals surface area contributed by atoms with Gasteiger partial charge in [-0.15, -0.1) is 0 Å². The minimum atomic E-state index is 0.217. The average molecular weight is 215 g/mol. The Bertz CT molecular complexity index is 164. The van der Waals surface area contributed by atoms with E-state index in [2.05, 4.69) is 19.2 Å². The lowest BCUT2D eigenvalue weighted by atomic mass is 10.2. The van der Waals surface area contributed by atoms with Gasteiger partial charge in [-0.05, 0) is 39.7 Å². The molecule has 3 unspecified atom stereocenters. The molecule has 0 amide bonds. The summed E-state index contributed by atoms with van der Waals surface area (Å²) in [7, 11) is 0. The summed E-state index contributed by atoms with van der Waals surface area (Å²) in [5, 5.41) is 3.49. The fourth-order valence-electron chi connectivity index (χ4n) is 2.21. The zero-order valence-corrected chi connectivity index (χ0v) is 10.3. The van der Waals surface area contributed by atoms with E-state index in [1.807, 2.05) is 6.92 Å². The van der Waals surface area contributed by atoms with E-state index in [4.69, 9.17) is 9.47 Å². The van der Waals surface area contributed by atoms with Gasteiger partial charge in [0, 0.05) is 12.6 Å². The zero-order chi connectivity index (χ0) is 11.1. The Morgan fingerprint density at radius 3 is 2.80 bits per heavy atom. The number of hydrogen-bond donors (Lipinski definition) is 1. The summed E-state index contributed by atoms with van der Waals surface area (Å²) >= 11 is 0. The lowest BCUT2D eigenvalue weighted by Crippen LogP contribution is -2.39. The van der Waals surface area contributed by atoms with Gasteiger partial charge in [0.15, 0.2) is 0 Å². The molecule has 0 spiro atoms. The summed E-state index contributed by atoms with van der Waals surface area (Å²) in [5.41, 5.74) is 0. The molecular formula is C12H25NO2. The fourth-order valence-corrected chi connectivity index (χ4v) is 2.21. The Hall–Kier alpha value is -0.120. The normalized spacial score (nSPS) is 28.2. The summed E-state index contributed by atoms with van der Waals surface area (Å²) in [4.78, 5) is 0. The number of likely N-dealkylation sites (N-methyl/N-ethyl adjacent to an activating group) is 1. The van der Waals surface area contributed by atoms with Crippen molar-refractivity contribution >= 4 is 0 Å².